The van der Waals surface area contributed by atoms with Gasteiger partial charge >= 0.3 is 0 Å². The fourth-order valence-electron chi connectivity index (χ4n) is 1.91. The third-order valence-electron chi connectivity index (χ3n) is 2.94. The summed E-state index contributed by atoms with van der Waals surface area (Å²) in [4.78, 5) is 8.79. The van der Waals surface area contributed by atoms with Crippen LogP contribution < -0.4 is 10.1 Å². The minimum Gasteiger partial charge on any atom is -0.484 e. The van der Waals surface area contributed by atoms with Crippen LogP contribution in [0.5, 0.6) is 5.75 Å². The number of hydrogen-bond donors (Lipinski definition) is 1. The first-order valence-corrected chi connectivity index (χ1v) is 7.34. The summed E-state index contributed by atoms with van der Waals surface area (Å²) in [6.45, 7) is 7.96. The Morgan fingerprint density at radius 3 is 2.86 bits per heavy atom. The Bertz CT molecular complexity index is 569. The molecule has 2 aromatic heterocycles. The molecule has 21 heavy (non-hydrogen) atoms. The van der Waals surface area contributed by atoms with Gasteiger partial charge in [0, 0.05) is 18.7 Å². The molecule has 0 saturated carbocycles. The molecular weight excluding hydrogens is 268 g/mol. The van der Waals surface area contributed by atoms with E-state index in [0.29, 0.717) is 18.3 Å². The number of pyridine rings is 1. The van der Waals surface area contributed by atoms with Crippen LogP contribution in [0.4, 0.5) is 0 Å². The molecule has 0 fully saturated rings. The molecule has 0 spiro atoms. The SMILES string of the molecule is CCCc1nc(COc2ccc(C)nc2CNCC)no1. The van der Waals surface area contributed by atoms with E-state index < -0.39 is 0 Å². The highest BCUT2D eigenvalue weighted by Gasteiger charge is 2.09. The van der Waals surface area contributed by atoms with E-state index >= 15 is 0 Å². The van der Waals surface area contributed by atoms with Crippen molar-refractivity contribution in [3.8, 4) is 5.75 Å². The van der Waals surface area contributed by atoms with Gasteiger partial charge in [0.05, 0.1) is 5.69 Å². The van der Waals surface area contributed by atoms with E-state index in [2.05, 4.69) is 34.3 Å². The maximum Gasteiger partial charge on any atom is 0.226 e. The molecule has 0 aromatic carbocycles. The third-order valence-corrected chi connectivity index (χ3v) is 2.94. The first kappa shape index (κ1) is 15.4. The van der Waals surface area contributed by atoms with Gasteiger partial charge in [-0.3, -0.25) is 4.98 Å². The Balaban J connectivity index is 2.00. The number of rotatable bonds is 8. The highest BCUT2D eigenvalue weighted by molar-refractivity contribution is 5.29. The van der Waals surface area contributed by atoms with Crippen molar-refractivity contribution < 1.29 is 9.26 Å². The topological polar surface area (TPSA) is 73.1 Å². The first-order chi connectivity index (χ1) is 10.2. The number of ether oxygens (including phenoxy) is 1. The zero-order chi connectivity index (χ0) is 15.1. The fraction of sp³-hybridized carbons (Fsp3) is 0.533. The molecule has 0 unspecified atom stereocenters. The zero-order valence-corrected chi connectivity index (χ0v) is 12.8. The van der Waals surface area contributed by atoms with Crippen LogP contribution in [0.3, 0.4) is 0 Å². The van der Waals surface area contributed by atoms with Crippen molar-refractivity contribution in [3.63, 3.8) is 0 Å². The predicted molar refractivity (Wildman–Crippen MR) is 79.0 cm³/mol. The molecule has 114 valence electrons. The Labute approximate surface area is 124 Å². The number of aromatic nitrogens is 3. The van der Waals surface area contributed by atoms with Crippen LogP contribution >= 0.6 is 0 Å². The van der Waals surface area contributed by atoms with Gasteiger partial charge in [0.25, 0.3) is 0 Å². The molecule has 0 atom stereocenters. The summed E-state index contributed by atoms with van der Waals surface area (Å²) in [6.07, 6.45) is 1.78. The number of nitrogens with zero attached hydrogens (tertiary/aromatic N) is 3. The molecule has 0 aliphatic rings. The number of hydrogen-bond acceptors (Lipinski definition) is 6. The van der Waals surface area contributed by atoms with Crippen molar-refractivity contribution in [2.24, 2.45) is 0 Å². The molecule has 6 nitrogen and oxygen atoms in total. The van der Waals surface area contributed by atoms with Crippen LogP contribution in [0.2, 0.25) is 0 Å². The lowest BCUT2D eigenvalue weighted by Crippen LogP contribution is -2.14. The van der Waals surface area contributed by atoms with Crippen LogP contribution in [0.25, 0.3) is 0 Å². The van der Waals surface area contributed by atoms with Crippen molar-refractivity contribution in [1.29, 1.82) is 0 Å². The second kappa shape index (κ2) is 7.73. The molecule has 2 aromatic rings. The second-order valence-corrected chi connectivity index (χ2v) is 4.82. The largest absolute Gasteiger partial charge is 0.484 e. The standard InChI is InChI=1S/C15H22N4O2/c1-4-6-15-18-14(19-21-15)10-20-13-8-7-11(3)17-12(13)9-16-5-2/h7-8,16H,4-6,9-10H2,1-3H3. The molecular formula is C15H22N4O2. The average Bonchev–Trinajstić information content (AvgIpc) is 2.92. The first-order valence-electron chi connectivity index (χ1n) is 7.34. The minimum absolute atomic E-state index is 0.289. The summed E-state index contributed by atoms with van der Waals surface area (Å²) >= 11 is 0. The summed E-state index contributed by atoms with van der Waals surface area (Å²) in [7, 11) is 0. The van der Waals surface area contributed by atoms with Gasteiger partial charge in [0.1, 0.15) is 5.75 Å². The van der Waals surface area contributed by atoms with Crippen molar-refractivity contribution >= 4 is 0 Å². The van der Waals surface area contributed by atoms with Crippen molar-refractivity contribution in [2.45, 2.75) is 46.8 Å². The van der Waals surface area contributed by atoms with Crippen LogP contribution in [0.15, 0.2) is 16.7 Å². The van der Waals surface area contributed by atoms with E-state index in [-0.39, 0.29) is 6.61 Å². The lowest BCUT2D eigenvalue weighted by Gasteiger charge is -2.10. The molecule has 0 bridgehead atoms. The smallest absolute Gasteiger partial charge is 0.226 e. The monoisotopic (exact) mass is 290 g/mol. The highest BCUT2D eigenvalue weighted by atomic mass is 16.5. The molecule has 0 amide bonds. The Kier molecular flexibility index (Phi) is 5.68. The molecule has 0 radical (unpaired) electrons. The summed E-state index contributed by atoms with van der Waals surface area (Å²) in [5, 5.41) is 7.17. The van der Waals surface area contributed by atoms with Crippen LogP contribution in [0, 0.1) is 6.92 Å². The molecule has 2 rings (SSSR count). The molecule has 0 saturated heterocycles. The van der Waals surface area contributed by atoms with Gasteiger partial charge < -0.3 is 14.6 Å². The van der Waals surface area contributed by atoms with Gasteiger partial charge in [-0.1, -0.05) is 19.0 Å². The zero-order valence-electron chi connectivity index (χ0n) is 12.8. The summed E-state index contributed by atoms with van der Waals surface area (Å²) < 4.78 is 10.9. The van der Waals surface area contributed by atoms with E-state index in [9.17, 15) is 0 Å². The van der Waals surface area contributed by atoms with Gasteiger partial charge in [-0.05, 0) is 32.0 Å². The summed E-state index contributed by atoms with van der Waals surface area (Å²) in [5.41, 5.74) is 1.87. The predicted octanol–water partition coefficient (Wildman–Crippen LogP) is 2.41. The van der Waals surface area contributed by atoms with E-state index in [0.717, 1.165) is 36.5 Å². The van der Waals surface area contributed by atoms with Gasteiger partial charge in [0.2, 0.25) is 11.7 Å². The molecule has 2 heterocycles. The number of nitrogens with one attached hydrogen (secondary N) is 1. The molecule has 0 aliphatic heterocycles. The van der Waals surface area contributed by atoms with Gasteiger partial charge in [0.15, 0.2) is 6.61 Å². The van der Waals surface area contributed by atoms with Crippen molar-refractivity contribution in [3.05, 3.63) is 35.2 Å². The van der Waals surface area contributed by atoms with Gasteiger partial charge in [-0.15, -0.1) is 0 Å². The third kappa shape index (κ3) is 4.53. The Morgan fingerprint density at radius 2 is 2.10 bits per heavy atom. The van der Waals surface area contributed by atoms with E-state index in [1.165, 1.54) is 0 Å². The lowest BCUT2D eigenvalue weighted by molar-refractivity contribution is 0.280. The van der Waals surface area contributed by atoms with Gasteiger partial charge in [-0.2, -0.15) is 4.98 Å². The van der Waals surface area contributed by atoms with E-state index in [4.69, 9.17) is 9.26 Å². The normalized spacial score (nSPS) is 10.8. The van der Waals surface area contributed by atoms with E-state index in [1.54, 1.807) is 0 Å². The average molecular weight is 290 g/mol. The number of aryl methyl sites for hydroxylation is 2. The Morgan fingerprint density at radius 1 is 1.24 bits per heavy atom. The van der Waals surface area contributed by atoms with Crippen molar-refractivity contribution in [2.75, 3.05) is 6.54 Å². The maximum absolute atomic E-state index is 5.78. The summed E-state index contributed by atoms with van der Waals surface area (Å²) in [5.74, 6) is 1.97. The summed E-state index contributed by atoms with van der Waals surface area (Å²) in [6, 6.07) is 3.87. The molecule has 6 heteroatoms. The fourth-order valence-corrected chi connectivity index (χ4v) is 1.91. The maximum atomic E-state index is 5.78. The second-order valence-electron chi connectivity index (χ2n) is 4.82. The van der Waals surface area contributed by atoms with Crippen molar-refractivity contribution in [1.82, 2.24) is 20.4 Å². The van der Waals surface area contributed by atoms with E-state index in [1.807, 2.05) is 19.1 Å². The Hall–Kier alpha value is -1.95. The quantitative estimate of drug-likeness (QED) is 0.805. The minimum atomic E-state index is 0.289. The highest BCUT2D eigenvalue weighted by Crippen LogP contribution is 2.18. The van der Waals surface area contributed by atoms with Crippen LogP contribution in [-0.2, 0) is 19.6 Å². The molecule has 1 N–H and O–H groups in total. The van der Waals surface area contributed by atoms with Crippen LogP contribution in [-0.4, -0.2) is 21.7 Å². The van der Waals surface area contributed by atoms with Gasteiger partial charge in [-0.25, -0.2) is 0 Å². The molecule has 0 aliphatic carbocycles. The van der Waals surface area contributed by atoms with Crippen LogP contribution in [0.1, 0.15) is 43.4 Å². The lowest BCUT2D eigenvalue weighted by atomic mass is 10.3.